The monoisotopic (exact) mass is 627 g/mol. The molecule has 1 unspecified atom stereocenters. The molecule has 1 aliphatic carbocycles. The first-order valence-corrected chi connectivity index (χ1v) is 19.7. The summed E-state index contributed by atoms with van der Waals surface area (Å²) in [5.74, 6) is -0.348. The molecule has 264 valence electrons. The van der Waals surface area contributed by atoms with Gasteiger partial charge in [0.2, 0.25) is 0 Å². The maximum atomic E-state index is 10.6. The van der Waals surface area contributed by atoms with Crippen molar-refractivity contribution in [2.75, 3.05) is 33.0 Å². The van der Waals surface area contributed by atoms with Crippen LogP contribution in [0.25, 0.3) is 0 Å². The highest BCUT2D eigenvalue weighted by molar-refractivity contribution is 5.01. The summed E-state index contributed by atoms with van der Waals surface area (Å²) in [5, 5.41) is 52.7. The Morgan fingerprint density at radius 2 is 0.568 bits per heavy atom. The predicted molar refractivity (Wildman–Crippen MR) is 187 cm³/mol. The Labute approximate surface area is 274 Å². The van der Waals surface area contributed by atoms with Gasteiger partial charge in [-0.3, -0.25) is 0 Å². The largest absolute Gasteiger partial charge is 0.396 e. The van der Waals surface area contributed by atoms with Gasteiger partial charge in [0, 0.05) is 17.4 Å². The Morgan fingerprint density at radius 3 is 0.795 bits per heavy atom. The van der Waals surface area contributed by atoms with Crippen molar-refractivity contribution in [2.24, 2.45) is 16.7 Å². The van der Waals surface area contributed by atoms with E-state index < -0.39 is 10.8 Å². The van der Waals surface area contributed by atoms with Crippen LogP contribution < -0.4 is 0 Å². The normalized spacial score (nSPS) is 25.4. The van der Waals surface area contributed by atoms with Crippen LogP contribution in [0.1, 0.15) is 199 Å². The van der Waals surface area contributed by atoms with Crippen molar-refractivity contribution in [1.82, 2.24) is 0 Å². The van der Waals surface area contributed by atoms with Crippen LogP contribution in [0.5, 0.6) is 0 Å². The van der Waals surface area contributed by atoms with Gasteiger partial charge in [-0.15, -0.1) is 0 Å². The first-order chi connectivity index (χ1) is 21.7. The molecule has 0 heterocycles. The van der Waals surface area contributed by atoms with E-state index in [-0.39, 0.29) is 39.0 Å². The van der Waals surface area contributed by atoms with Gasteiger partial charge in [-0.2, -0.15) is 0 Å². The first-order valence-electron chi connectivity index (χ1n) is 19.7. The summed E-state index contributed by atoms with van der Waals surface area (Å²) in [7, 11) is 0. The van der Waals surface area contributed by atoms with E-state index in [2.05, 4.69) is 0 Å². The van der Waals surface area contributed by atoms with E-state index in [1.165, 1.54) is 154 Å². The lowest BCUT2D eigenvalue weighted by atomic mass is 9.55. The molecular formula is C39H78O5. The van der Waals surface area contributed by atoms with Crippen LogP contribution in [0.2, 0.25) is 0 Å². The Kier molecular flexibility index (Phi) is 27.5. The fourth-order valence-electron chi connectivity index (χ4n) is 8.02. The molecule has 5 nitrogen and oxygen atoms in total. The molecule has 0 saturated heterocycles. The summed E-state index contributed by atoms with van der Waals surface area (Å²) in [4.78, 5) is 0. The Balaban J connectivity index is 2.58. The fourth-order valence-corrected chi connectivity index (χ4v) is 8.02. The van der Waals surface area contributed by atoms with E-state index in [9.17, 15) is 25.5 Å². The van der Waals surface area contributed by atoms with Crippen LogP contribution in [-0.4, -0.2) is 58.6 Å². The average molecular weight is 627 g/mol. The molecule has 0 amide bonds. The van der Waals surface area contributed by atoms with E-state index in [0.29, 0.717) is 12.8 Å². The van der Waals surface area contributed by atoms with E-state index in [1.807, 2.05) is 0 Å². The van der Waals surface area contributed by atoms with Gasteiger partial charge in [-0.05, 0) is 18.8 Å². The third-order valence-electron chi connectivity index (χ3n) is 11.4. The number of hydrogen-bond donors (Lipinski definition) is 5. The van der Waals surface area contributed by atoms with Crippen LogP contribution in [0.3, 0.4) is 0 Å². The van der Waals surface area contributed by atoms with Crippen LogP contribution in [0, 0.1) is 16.7 Å². The van der Waals surface area contributed by atoms with E-state index in [4.69, 9.17) is 0 Å². The number of rotatable bonds is 5. The number of hydrogen-bond acceptors (Lipinski definition) is 5. The molecule has 0 aromatic heterocycles. The van der Waals surface area contributed by atoms with Crippen LogP contribution in [0.4, 0.5) is 0 Å². The first kappa shape index (κ1) is 41.8. The van der Waals surface area contributed by atoms with Crippen molar-refractivity contribution in [3.05, 3.63) is 0 Å². The SMILES string of the molecule is OCC1CCCCCCCCCCCCCCCCCCCCCCCCCCCCCCCC(CO)(CO)C1(CO)CO. The van der Waals surface area contributed by atoms with E-state index in [1.54, 1.807) is 0 Å². The molecule has 0 radical (unpaired) electrons. The Bertz CT molecular complexity index is 589. The highest BCUT2D eigenvalue weighted by atomic mass is 16.3. The zero-order valence-corrected chi connectivity index (χ0v) is 29.3. The van der Waals surface area contributed by atoms with Crippen LogP contribution >= 0.6 is 0 Å². The van der Waals surface area contributed by atoms with E-state index >= 15 is 0 Å². The van der Waals surface area contributed by atoms with Crippen molar-refractivity contribution in [1.29, 1.82) is 0 Å². The Hall–Kier alpha value is -0.200. The van der Waals surface area contributed by atoms with Crippen molar-refractivity contribution < 1.29 is 25.5 Å². The highest BCUT2D eigenvalue weighted by Gasteiger charge is 2.53. The fraction of sp³-hybridized carbons (Fsp3) is 1.00. The van der Waals surface area contributed by atoms with Gasteiger partial charge in [0.1, 0.15) is 0 Å². The predicted octanol–water partition coefficient (Wildman–Crippen LogP) is 9.64. The molecule has 5 heteroatoms. The molecule has 5 N–H and O–H groups in total. The molecule has 1 fully saturated rings. The van der Waals surface area contributed by atoms with E-state index in [0.717, 1.165) is 32.1 Å². The second kappa shape index (κ2) is 29.0. The van der Waals surface area contributed by atoms with Gasteiger partial charge in [-0.1, -0.05) is 186 Å². The summed E-state index contributed by atoms with van der Waals surface area (Å²) in [6.45, 7) is -1.41. The molecule has 0 spiro atoms. The van der Waals surface area contributed by atoms with Crippen molar-refractivity contribution in [2.45, 2.75) is 199 Å². The Morgan fingerprint density at radius 1 is 0.318 bits per heavy atom. The second-order valence-electron chi connectivity index (χ2n) is 14.7. The molecule has 0 aliphatic heterocycles. The summed E-state index contributed by atoms with van der Waals surface area (Å²) < 4.78 is 0. The number of aliphatic hydroxyl groups is 5. The standard InChI is InChI=1S/C39H78O5/c40-32-37-30-28-26-24-22-20-18-16-14-12-10-8-6-4-2-1-3-5-7-9-11-13-15-17-19-21-23-25-27-29-31-38(33-41,34-42)39(37,35-43)36-44/h37,40-44H,1-36H2. The van der Waals surface area contributed by atoms with Gasteiger partial charge < -0.3 is 25.5 Å². The lowest BCUT2D eigenvalue weighted by molar-refractivity contribution is -0.159. The minimum atomic E-state index is -1.10. The highest BCUT2D eigenvalue weighted by Crippen LogP contribution is 2.49. The van der Waals surface area contributed by atoms with Gasteiger partial charge in [0.25, 0.3) is 0 Å². The second-order valence-corrected chi connectivity index (χ2v) is 14.7. The average Bonchev–Trinajstić information content (AvgIpc) is 3.05. The van der Waals surface area contributed by atoms with Gasteiger partial charge >= 0.3 is 0 Å². The molecule has 1 atom stereocenters. The maximum Gasteiger partial charge on any atom is 0.0520 e. The third-order valence-corrected chi connectivity index (χ3v) is 11.4. The van der Waals surface area contributed by atoms with Gasteiger partial charge in [-0.25, -0.2) is 0 Å². The van der Waals surface area contributed by atoms with Crippen LogP contribution in [-0.2, 0) is 0 Å². The molecule has 44 heavy (non-hydrogen) atoms. The maximum absolute atomic E-state index is 10.6. The molecule has 0 bridgehead atoms. The topological polar surface area (TPSA) is 101 Å². The molecule has 1 aliphatic rings. The molecule has 1 rings (SSSR count). The minimum Gasteiger partial charge on any atom is -0.396 e. The summed E-state index contributed by atoms with van der Waals surface area (Å²) in [6, 6.07) is 0. The zero-order chi connectivity index (χ0) is 32.0. The minimum absolute atomic E-state index is 0.150. The van der Waals surface area contributed by atoms with Crippen molar-refractivity contribution in [3.63, 3.8) is 0 Å². The molecular weight excluding hydrogens is 548 g/mol. The zero-order valence-electron chi connectivity index (χ0n) is 29.3. The lowest BCUT2D eigenvalue weighted by Gasteiger charge is -2.51. The van der Waals surface area contributed by atoms with Crippen molar-refractivity contribution >= 4 is 0 Å². The molecule has 0 aromatic rings. The summed E-state index contributed by atoms with van der Waals surface area (Å²) in [5.41, 5.74) is -2.09. The quantitative estimate of drug-likeness (QED) is 0.209. The lowest BCUT2D eigenvalue weighted by Crippen LogP contribution is -2.57. The van der Waals surface area contributed by atoms with Gasteiger partial charge in [0.15, 0.2) is 0 Å². The summed E-state index contributed by atoms with van der Waals surface area (Å²) >= 11 is 0. The third kappa shape index (κ3) is 17.1. The number of aliphatic hydroxyl groups excluding tert-OH is 5. The smallest absolute Gasteiger partial charge is 0.0520 e. The molecule has 0 aromatic carbocycles. The molecule has 1 saturated carbocycles. The summed E-state index contributed by atoms with van der Waals surface area (Å²) in [6.07, 6.45) is 39.0. The van der Waals surface area contributed by atoms with Crippen LogP contribution in [0.15, 0.2) is 0 Å². The van der Waals surface area contributed by atoms with Gasteiger partial charge in [0.05, 0.1) is 26.4 Å². The van der Waals surface area contributed by atoms with Crippen molar-refractivity contribution in [3.8, 4) is 0 Å².